The summed E-state index contributed by atoms with van der Waals surface area (Å²) in [7, 11) is 0. The van der Waals surface area contributed by atoms with Crippen LogP contribution in [0.1, 0.15) is 44.5 Å². The predicted octanol–water partition coefficient (Wildman–Crippen LogP) is 3.87. The highest BCUT2D eigenvalue weighted by atomic mass is 79.9. The van der Waals surface area contributed by atoms with Gasteiger partial charge in [-0.1, -0.05) is 27.7 Å². The Balaban J connectivity index is 2.34. The molecule has 1 aromatic carbocycles. The summed E-state index contributed by atoms with van der Waals surface area (Å²) < 4.78 is 0.714. The second kappa shape index (κ2) is 5.20. The zero-order chi connectivity index (χ0) is 15.1. The van der Waals surface area contributed by atoms with Crippen LogP contribution >= 0.6 is 15.9 Å². The molecule has 20 heavy (non-hydrogen) atoms. The van der Waals surface area contributed by atoms with Gasteiger partial charge in [0.2, 0.25) is 0 Å². The fourth-order valence-corrected chi connectivity index (χ4v) is 2.53. The molecule has 1 aromatic heterocycles. The van der Waals surface area contributed by atoms with Crippen molar-refractivity contribution in [3.8, 4) is 0 Å². The third-order valence-corrected chi connectivity index (χ3v) is 4.53. The van der Waals surface area contributed by atoms with Crippen LogP contribution in [0.25, 0.3) is 11.0 Å². The number of imidazole rings is 1. The molecule has 0 amide bonds. The third kappa shape index (κ3) is 3.03. The minimum atomic E-state index is -0.264. The molecule has 0 spiro atoms. The Morgan fingerprint density at radius 3 is 2.35 bits per heavy atom. The molecule has 5 heteroatoms. The first-order valence-electron chi connectivity index (χ1n) is 6.63. The van der Waals surface area contributed by atoms with E-state index in [1.807, 2.05) is 0 Å². The van der Waals surface area contributed by atoms with Crippen molar-refractivity contribution < 1.29 is 4.79 Å². The van der Waals surface area contributed by atoms with E-state index in [4.69, 9.17) is 0 Å². The minimum absolute atomic E-state index is 0.0863. The first-order chi connectivity index (χ1) is 9.18. The molecule has 4 nitrogen and oxygen atoms in total. The van der Waals surface area contributed by atoms with Crippen molar-refractivity contribution in [2.45, 2.75) is 34.1 Å². The van der Waals surface area contributed by atoms with Gasteiger partial charge < -0.3 is 9.97 Å². The van der Waals surface area contributed by atoms with Crippen molar-refractivity contribution >= 4 is 32.7 Å². The van der Waals surface area contributed by atoms with Gasteiger partial charge in [0, 0.05) is 16.5 Å². The second-order valence-electron chi connectivity index (χ2n) is 6.35. The van der Waals surface area contributed by atoms with Gasteiger partial charge in [-0.2, -0.15) is 0 Å². The van der Waals surface area contributed by atoms with Crippen LogP contribution in [0.4, 0.5) is 0 Å². The number of carbonyl (C=O) groups excluding carboxylic acids is 1. The topological polar surface area (TPSA) is 65.7 Å². The number of Topliss-reactive ketones (excluding diaryl/α,β-unsaturated/α-hetero) is 1. The second-order valence-corrected chi connectivity index (χ2v) is 7.21. The summed E-state index contributed by atoms with van der Waals surface area (Å²) in [5.41, 5.74) is 1.80. The van der Waals surface area contributed by atoms with Crippen LogP contribution in [-0.4, -0.2) is 15.8 Å². The molecule has 0 saturated carbocycles. The third-order valence-electron chi connectivity index (χ3n) is 3.87. The van der Waals surface area contributed by atoms with Gasteiger partial charge in [-0.15, -0.1) is 0 Å². The quantitative estimate of drug-likeness (QED) is 0.834. The highest BCUT2D eigenvalue weighted by Gasteiger charge is 2.24. The van der Waals surface area contributed by atoms with Gasteiger partial charge in [-0.05, 0) is 39.4 Å². The van der Waals surface area contributed by atoms with Crippen LogP contribution in [0.5, 0.6) is 0 Å². The van der Waals surface area contributed by atoms with Crippen molar-refractivity contribution in [2.24, 2.45) is 11.3 Å². The van der Waals surface area contributed by atoms with Crippen molar-refractivity contribution in [1.82, 2.24) is 9.97 Å². The summed E-state index contributed by atoms with van der Waals surface area (Å²) >= 11 is 3.41. The predicted molar refractivity (Wildman–Crippen MR) is 84.2 cm³/mol. The average Bonchev–Trinajstić information content (AvgIpc) is 2.65. The largest absolute Gasteiger partial charge is 0.323 e. The van der Waals surface area contributed by atoms with E-state index in [0.717, 1.165) is 0 Å². The zero-order valence-electron chi connectivity index (χ0n) is 12.1. The molecule has 1 heterocycles. The van der Waals surface area contributed by atoms with E-state index >= 15 is 0 Å². The normalized spacial score (nSPS) is 13.7. The molecule has 0 aliphatic carbocycles. The number of rotatable bonds is 3. The fraction of sp³-hybridized carbons (Fsp3) is 0.467. The van der Waals surface area contributed by atoms with Gasteiger partial charge in [0.15, 0.2) is 5.78 Å². The molecule has 0 bridgehead atoms. The molecule has 2 N–H and O–H groups in total. The molecular formula is C15H19BrN2O2. The molecule has 2 aromatic rings. The minimum Gasteiger partial charge on any atom is -0.306 e. The Labute approximate surface area is 126 Å². The number of aromatic nitrogens is 2. The maximum absolute atomic E-state index is 12.4. The van der Waals surface area contributed by atoms with Gasteiger partial charge >= 0.3 is 5.69 Å². The number of ketones is 1. The van der Waals surface area contributed by atoms with E-state index in [2.05, 4.69) is 53.6 Å². The highest BCUT2D eigenvalue weighted by molar-refractivity contribution is 9.10. The van der Waals surface area contributed by atoms with E-state index in [-0.39, 0.29) is 22.8 Å². The number of H-pyrrole nitrogens is 2. The number of carbonyl (C=O) groups is 1. The Bertz CT molecular complexity index is 707. The number of hydrogen-bond acceptors (Lipinski definition) is 2. The van der Waals surface area contributed by atoms with Crippen molar-refractivity contribution in [1.29, 1.82) is 0 Å². The molecule has 1 unspecified atom stereocenters. The van der Waals surface area contributed by atoms with Crippen LogP contribution in [0, 0.1) is 11.3 Å². The molecule has 0 fully saturated rings. The smallest absolute Gasteiger partial charge is 0.306 e. The maximum atomic E-state index is 12.4. The maximum Gasteiger partial charge on any atom is 0.323 e. The SMILES string of the molecule is CC(CC(=O)c1cc2[nH]c(=O)[nH]c2cc1Br)C(C)(C)C. The lowest BCUT2D eigenvalue weighted by Crippen LogP contribution is -2.20. The standard InChI is InChI=1S/C15H19BrN2O2/c1-8(15(2,3)4)5-13(19)9-6-11-12(7-10(9)16)18-14(20)17-11/h6-8H,5H2,1-4H3,(H2,17,18,20). The summed E-state index contributed by atoms with van der Waals surface area (Å²) in [5.74, 6) is 0.367. The Morgan fingerprint density at radius 1 is 1.25 bits per heavy atom. The fourth-order valence-electron chi connectivity index (χ4n) is 1.96. The van der Waals surface area contributed by atoms with E-state index < -0.39 is 0 Å². The number of halogens is 1. The summed E-state index contributed by atoms with van der Waals surface area (Å²) in [5, 5.41) is 0. The lowest BCUT2D eigenvalue weighted by Gasteiger charge is -2.26. The van der Waals surface area contributed by atoms with Crippen LogP contribution in [0.15, 0.2) is 21.4 Å². The summed E-state index contributed by atoms with van der Waals surface area (Å²) in [6.07, 6.45) is 0.488. The van der Waals surface area contributed by atoms with Gasteiger partial charge in [-0.25, -0.2) is 4.79 Å². The van der Waals surface area contributed by atoms with Gasteiger partial charge in [0.25, 0.3) is 0 Å². The summed E-state index contributed by atoms with van der Waals surface area (Å²) in [4.78, 5) is 29.1. The van der Waals surface area contributed by atoms with Crippen LogP contribution in [0.3, 0.4) is 0 Å². The number of hydrogen-bond donors (Lipinski definition) is 2. The summed E-state index contributed by atoms with van der Waals surface area (Å²) in [6, 6.07) is 3.50. The van der Waals surface area contributed by atoms with E-state index in [1.54, 1.807) is 12.1 Å². The van der Waals surface area contributed by atoms with E-state index in [0.29, 0.717) is 27.5 Å². The van der Waals surface area contributed by atoms with Gasteiger partial charge in [0.05, 0.1) is 11.0 Å². The van der Waals surface area contributed by atoms with Gasteiger partial charge in [0.1, 0.15) is 0 Å². The van der Waals surface area contributed by atoms with Gasteiger partial charge in [-0.3, -0.25) is 4.79 Å². The molecule has 2 rings (SSSR count). The molecule has 0 aliphatic heterocycles. The van der Waals surface area contributed by atoms with Crippen LogP contribution < -0.4 is 5.69 Å². The first kappa shape index (κ1) is 15.0. The monoisotopic (exact) mass is 338 g/mol. The number of benzene rings is 1. The van der Waals surface area contributed by atoms with Crippen LogP contribution in [-0.2, 0) is 0 Å². The van der Waals surface area contributed by atoms with Crippen molar-refractivity contribution in [2.75, 3.05) is 0 Å². The van der Waals surface area contributed by atoms with E-state index in [1.165, 1.54) is 0 Å². The van der Waals surface area contributed by atoms with Crippen molar-refractivity contribution in [3.05, 3.63) is 32.7 Å². The zero-order valence-corrected chi connectivity index (χ0v) is 13.7. The number of fused-ring (bicyclic) bond motifs is 1. The molecule has 0 aliphatic rings. The molecule has 0 saturated heterocycles. The van der Waals surface area contributed by atoms with E-state index in [9.17, 15) is 9.59 Å². The Kier molecular flexibility index (Phi) is 3.91. The number of aromatic amines is 2. The molecule has 108 valence electrons. The van der Waals surface area contributed by atoms with Crippen LogP contribution in [0.2, 0.25) is 0 Å². The first-order valence-corrected chi connectivity index (χ1v) is 7.42. The molecular weight excluding hydrogens is 320 g/mol. The highest BCUT2D eigenvalue weighted by Crippen LogP contribution is 2.31. The molecule has 0 radical (unpaired) electrons. The Hall–Kier alpha value is -1.36. The van der Waals surface area contributed by atoms with Crippen molar-refractivity contribution in [3.63, 3.8) is 0 Å². The average molecular weight is 339 g/mol. The lowest BCUT2D eigenvalue weighted by atomic mass is 9.78. The summed E-state index contributed by atoms with van der Waals surface area (Å²) in [6.45, 7) is 8.48. The number of nitrogens with one attached hydrogen (secondary N) is 2. The lowest BCUT2D eigenvalue weighted by molar-refractivity contribution is 0.0926. The Morgan fingerprint density at radius 2 is 1.80 bits per heavy atom. The molecule has 1 atom stereocenters.